The summed E-state index contributed by atoms with van der Waals surface area (Å²) in [6, 6.07) is 5.61. The van der Waals surface area contributed by atoms with Crippen LogP contribution in [0.2, 0.25) is 5.02 Å². The third-order valence-electron chi connectivity index (χ3n) is 1.56. The minimum atomic E-state index is 0.319. The second-order valence-corrected chi connectivity index (χ2v) is 2.92. The predicted octanol–water partition coefficient (Wildman–Crippen LogP) is 2.26. The van der Waals surface area contributed by atoms with E-state index in [1.165, 1.54) is 0 Å². The van der Waals surface area contributed by atoms with Gasteiger partial charge < -0.3 is 10.1 Å². The maximum Gasteiger partial charge on any atom is 0.139 e. The Kier molecular flexibility index (Phi) is 3.11. The molecule has 0 heterocycles. The van der Waals surface area contributed by atoms with Crippen LogP contribution in [0.3, 0.4) is 0 Å². The highest BCUT2D eigenvalue weighted by Crippen LogP contribution is 2.19. The van der Waals surface area contributed by atoms with Crippen LogP contribution >= 0.6 is 11.6 Å². The summed E-state index contributed by atoms with van der Waals surface area (Å²) in [5.41, 5.74) is 1.91. The molecule has 0 bridgehead atoms. The van der Waals surface area contributed by atoms with Gasteiger partial charge in [0.1, 0.15) is 6.29 Å². The van der Waals surface area contributed by atoms with Gasteiger partial charge in [-0.05, 0) is 24.6 Å². The van der Waals surface area contributed by atoms with Crippen molar-refractivity contribution in [2.24, 2.45) is 0 Å². The van der Waals surface area contributed by atoms with Crippen LogP contribution in [-0.4, -0.2) is 12.8 Å². The van der Waals surface area contributed by atoms with Gasteiger partial charge in [-0.15, -0.1) is 0 Å². The maximum atomic E-state index is 10.0. The Morgan fingerprint density at radius 2 is 2.33 bits per heavy atom. The first-order valence-corrected chi connectivity index (χ1v) is 4.05. The summed E-state index contributed by atoms with van der Waals surface area (Å²) in [5, 5.41) is 3.62. The molecule has 0 aliphatic carbocycles. The van der Waals surface area contributed by atoms with Crippen LogP contribution in [-0.2, 0) is 4.79 Å². The van der Waals surface area contributed by atoms with E-state index in [9.17, 15) is 4.79 Å². The van der Waals surface area contributed by atoms with Crippen molar-refractivity contribution in [2.75, 3.05) is 11.9 Å². The molecule has 12 heavy (non-hydrogen) atoms. The number of benzene rings is 1. The number of rotatable bonds is 3. The molecule has 0 fully saturated rings. The molecule has 2 nitrogen and oxygen atoms in total. The van der Waals surface area contributed by atoms with Gasteiger partial charge in [-0.25, -0.2) is 0 Å². The Labute approximate surface area is 76.5 Å². The molecule has 1 N–H and O–H groups in total. The smallest absolute Gasteiger partial charge is 0.139 e. The molecule has 1 rings (SSSR count). The van der Waals surface area contributed by atoms with Crippen molar-refractivity contribution in [3.63, 3.8) is 0 Å². The number of nitrogens with one attached hydrogen (secondary N) is 1. The van der Waals surface area contributed by atoms with Gasteiger partial charge in [-0.3, -0.25) is 0 Å². The first kappa shape index (κ1) is 9.07. The zero-order valence-corrected chi connectivity index (χ0v) is 7.56. The van der Waals surface area contributed by atoms with E-state index in [4.69, 9.17) is 11.6 Å². The zero-order chi connectivity index (χ0) is 8.97. The van der Waals surface area contributed by atoms with Crippen LogP contribution in [0.1, 0.15) is 5.56 Å². The Balaban J connectivity index is 2.75. The molecule has 0 unspecified atom stereocenters. The van der Waals surface area contributed by atoms with E-state index in [2.05, 4.69) is 5.32 Å². The molecule has 1 aromatic rings. The summed E-state index contributed by atoms with van der Waals surface area (Å²) in [6.45, 7) is 2.26. The van der Waals surface area contributed by atoms with Crippen molar-refractivity contribution in [3.8, 4) is 0 Å². The van der Waals surface area contributed by atoms with E-state index >= 15 is 0 Å². The molecule has 0 aliphatic rings. The topological polar surface area (TPSA) is 29.1 Å². The average molecular weight is 184 g/mol. The highest BCUT2D eigenvalue weighted by atomic mass is 35.5. The quantitative estimate of drug-likeness (QED) is 0.729. The zero-order valence-electron chi connectivity index (χ0n) is 6.80. The number of hydrogen-bond acceptors (Lipinski definition) is 2. The molecule has 0 aromatic heterocycles. The van der Waals surface area contributed by atoms with Gasteiger partial charge in [0.15, 0.2) is 0 Å². The van der Waals surface area contributed by atoms with Gasteiger partial charge in [0.05, 0.1) is 6.54 Å². The Hall–Kier alpha value is -1.02. The first-order valence-electron chi connectivity index (χ1n) is 3.67. The van der Waals surface area contributed by atoms with Gasteiger partial charge in [0, 0.05) is 10.7 Å². The van der Waals surface area contributed by atoms with Gasteiger partial charge in [-0.2, -0.15) is 0 Å². The number of anilines is 1. The predicted molar refractivity (Wildman–Crippen MR) is 50.7 cm³/mol. The molecule has 0 spiro atoms. The van der Waals surface area contributed by atoms with E-state index in [0.29, 0.717) is 11.6 Å². The number of halogens is 1. The van der Waals surface area contributed by atoms with Crippen molar-refractivity contribution in [2.45, 2.75) is 6.92 Å². The molecule has 0 radical (unpaired) electrons. The summed E-state index contributed by atoms with van der Waals surface area (Å²) in [4.78, 5) is 10.0. The Bertz CT molecular complexity index is 286. The highest BCUT2D eigenvalue weighted by molar-refractivity contribution is 6.31. The van der Waals surface area contributed by atoms with Gasteiger partial charge >= 0.3 is 0 Å². The van der Waals surface area contributed by atoms with E-state index < -0.39 is 0 Å². The van der Waals surface area contributed by atoms with E-state index in [1.54, 1.807) is 6.07 Å². The van der Waals surface area contributed by atoms with Gasteiger partial charge in [0.2, 0.25) is 0 Å². The van der Waals surface area contributed by atoms with Crippen LogP contribution in [0.4, 0.5) is 5.69 Å². The molecular formula is C9H10ClNO. The van der Waals surface area contributed by atoms with Crippen LogP contribution in [0.15, 0.2) is 18.2 Å². The van der Waals surface area contributed by atoms with Crippen LogP contribution in [0.5, 0.6) is 0 Å². The number of aldehydes is 1. The van der Waals surface area contributed by atoms with Crippen molar-refractivity contribution in [1.29, 1.82) is 0 Å². The minimum absolute atomic E-state index is 0.319. The molecule has 0 saturated carbocycles. The number of carbonyl (C=O) groups excluding carboxylic acids is 1. The average Bonchev–Trinajstić information content (AvgIpc) is 2.07. The summed E-state index contributed by atoms with van der Waals surface area (Å²) in [5.74, 6) is 0. The fourth-order valence-corrected chi connectivity index (χ4v) is 1.04. The van der Waals surface area contributed by atoms with E-state index in [0.717, 1.165) is 17.5 Å². The number of hydrogen-bond donors (Lipinski definition) is 1. The fraction of sp³-hybridized carbons (Fsp3) is 0.222. The molecule has 0 saturated heterocycles. The van der Waals surface area contributed by atoms with Crippen molar-refractivity contribution in [1.82, 2.24) is 0 Å². The van der Waals surface area contributed by atoms with Crippen molar-refractivity contribution < 1.29 is 4.79 Å². The standard InChI is InChI=1S/C9H10ClNO/c1-7-2-3-8(6-9(7)10)11-4-5-12/h2-3,5-6,11H,4H2,1H3. The van der Waals surface area contributed by atoms with Gasteiger partial charge in [-0.1, -0.05) is 17.7 Å². The van der Waals surface area contributed by atoms with Crippen molar-refractivity contribution in [3.05, 3.63) is 28.8 Å². The maximum absolute atomic E-state index is 10.0. The minimum Gasteiger partial charge on any atom is -0.378 e. The molecule has 1 aromatic carbocycles. The van der Waals surface area contributed by atoms with Crippen LogP contribution in [0, 0.1) is 6.92 Å². The number of aryl methyl sites for hydroxylation is 1. The number of carbonyl (C=O) groups is 1. The molecule has 3 heteroatoms. The first-order chi connectivity index (χ1) is 5.74. The summed E-state index contributed by atoms with van der Waals surface area (Å²) in [6.07, 6.45) is 0.813. The van der Waals surface area contributed by atoms with E-state index in [1.807, 2.05) is 19.1 Å². The molecular weight excluding hydrogens is 174 g/mol. The summed E-state index contributed by atoms with van der Waals surface area (Å²) in [7, 11) is 0. The Morgan fingerprint density at radius 1 is 1.58 bits per heavy atom. The lowest BCUT2D eigenvalue weighted by molar-refractivity contribution is -0.106. The lowest BCUT2D eigenvalue weighted by Crippen LogP contribution is -2.01. The lowest BCUT2D eigenvalue weighted by atomic mass is 10.2. The summed E-state index contributed by atoms with van der Waals surface area (Å²) >= 11 is 5.86. The molecule has 0 atom stereocenters. The third-order valence-corrected chi connectivity index (χ3v) is 1.97. The summed E-state index contributed by atoms with van der Waals surface area (Å²) < 4.78 is 0. The van der Waals surface area contributed by atoms with Crippen LogP contribution < -0.4 is 5.32 Å². The van der Waals surface area contributed by atoms with E-state index in [-0.39, 0.29) is 0 Å². The normalized spacial score (nSPS) is 9.50. The van der Waals surface area contributed by atoms with Crippen molar-refractivity contribution >= 4 is 23.6 Å². The second-order valence-electron chi connectivity index (χ2n) is 2.51. The molecule has 0 amide bonds. The molecule has 0 aliphatic heterocycles. The monoisotopic (exact) mass is 183 g/mol. The lowest BCUT2D eigenvalue weighted by Gasteiger charge is -2.03. The Morgan fingerprint density at radius 3 is 2.92 bits per heavy atom. The molecule has 64 valence electrons. The van der Waals surface area contributed by atoms with Gasteiger partial charge in [0.25, 0.3) is 0 Å². The SMILES string of the molecule is Cc1ccc(NCC=O)cc1Cl. The fourth-order valence-electron chi connectivity index (χ4n) is 0.862. The highest BCUT2D eigenvalue weighted by Gasteiger charge is 1.95. The van der Waals surface area contributed by atoms with Crippen LogP contribution in [0.25, 0.3) is 0 Å². The largest absolute Gasteiger partial charge is 0.378 e. The third kappa shape index (κ3) is 2.24. The second kappa shape index (κ2) is 4.12.